The van der Waals surface area contributed by atoms with Gasteiger partial charge >= 0.3 is 0 Å². The molecule has 1 aliphatic carbocycles. The third-order valence-corrected chi connectivity index (χ3v) is 4.14. The van der Waals surface area contributed by atoms with Gasteiger partial charge in [-0.2, -0.15) is 0 Å². The first-order chi connectivity index (χ1) is 8.98. The van der Waals surface area contributed by atoms with Gasteiger partial charge in [-0.15, -0.1) is 0 Å². The zero-order chi connectivity index (χ0) is 14.1. The summed E-state index contributed by atoms with van der Waals surface area (Å²) in [6, 6.07) is 7.77. The van der Waals surface area contributed by atoms with Gasteiger partial charge in [-0.05, 0) is 29.5 Å². The molecule has 1 aliphatic rings. The summed E-state index contributed by atoms with van der Waals surface area (Å²) in [5, 5.41) is 2.92. The minimum atomic E-state index is -0.422. The number of nitrogens with one attached hydrogen (secondary N) is 1. The normalized spacial score (nSPS) is 23.8. The van der Waals surface area contributed by atoms with E-state index in [-0.39, 0.29) is 11.3 Å². The second-order valence-corrected chi connectivity index (χ2v) is 5.74. The smallest absolute Gasteiger partial charge is 0.231 e. The summed E-state index contributed by atoms with van der Waals surface area (Å²) in [5.74, 6) is 0.882. The maximum atomic E-state index is 12.5. The van der Waals surface area contributed by atoms with E-state index in [4.69, 9.17) is 10.5 Å². The van der Waals surface area contributed by atoms with E-state index in [0.717, 1.165) is 17.7 Å². The largest absolute Gasteiger partial charge is 0.497 e. The van der Waals surface area contributed by atoms with E-state index in [1.807, 2.05) is 24.3 Å². The summed E-state index contributed by atoms with van der Waals surface area (Å²) < 4.78 is 5.16. The fraction of sp³-hybridized carbons (Fsp3) is 0.533. The van der Waals surface area contributed by atoms with E-state index in [1.54, 1.807) is 7.11 Å². The molecule has 2 rings (SSSR count). The molecule has 0 saturated heterocycles. The van der Waals surface area contributed by atoms with E-state index in [0.29, 0.717) is 13.1 Å². The predicted octanol–water partition coefficient (Wildman–Crippen LogP) is 1.44. The lowest BCUT2D eigenvalue weighted by molar-refractivity contribution is -0.124. The van der Waals surface area contributed by atoms with Crippen molar-refractivity contribution in [1.82, 2.24) is 5.32 Å². The van der Waals surface area contributed by atoms with Crippen LogP contribution in [-0.2, 0) is 10.2 Å². The van der Waals surface area contributed by atoms with Gasteiger partial charge in [-0.25, -0.2) is 0 Å². The fourth-order valence-corrected chi connectivity index (χ4v) is 2.84. The number of benzene rings is 1. The van der Waals surface area contributed by atoms with Crippen LogP contribution < -0.4 is 15.8 Å². The molecule has 0 radical (unpaired) electrons. The van der Waals surface area contributed by atoms with Crippen molar-refractivity contribution in [3.8, 4) is 5.75 Å². The van der Waals surface area contributed by atoms with Crippen molar-refractivity contribution in [2.45, 2.75) is 25.7 Å². The van der Waals surface area contributed by atoms with E-state index in [1.165, 1.54) is 0 Å². The maximum Gasteiger partial charge on any atom is 0.231 e. The maximum absolute atomic E-state index is 12.5. The van der Waals surface area contributed by atoms with Crippen LogP contribution in [0, 0.1) is 5.41 Å². The molecule has 4 nitrogen and oxygen atoms in total. The molecule has 19 heavy (non-hydrogen) atoms. The third-order valence-electron chi connectivity index (χ3n) is 4.14. The Bertz CT molecular complexity index is 468. The first-order valence-corrected chi connectivity index (χ1v) is 6.61. The Hall–Kier alpha value is -1.55. The van der Waals surface area contributed by atoms with Crippen LogP contribution in [0.3, 0.4) is 0 Å². The molecular weight excluding hydrogens is 240 g/mol. The van der Waals surface area contributed by atoms with Crippen molar-refractivity contribution in [2.75, 3.05) is 20.2 Å². The molecule has 1 amide bonds. The standard InChI is InChI=1S/C15H22N2O2/c1-14(2)10-15(14,13(18)17-9-8-16)11-4-6-12(19-3)7-5-11/h4-7H,8-10,16H2,1-3H3,(H,17,18). The van der Waals surface area contributed by atoms with Crippen molar-refractivity contribution in [3.63, 3.8) is 0 Å². The van der Waals surface area contributed by atoms with Gasteiger partial charge in [0.05, 0.1) is 12.5 Å². The summed E-state index contributed by atoms with van der Waals surface area (Å²) in [6.45, 7) is 5.23. The molecule has 1 unspecified atom stereocenters. The van der Waals surface area contributed by atoms with Gasteiger partial charge in [0, 0.05) is 13.1 Å². The first-order valence-electron chi connectivity index (χ1n) is 6.61. The van der Waals surface area contributed by atoms with Crippen LogP contribution >= 0.6 is 0 Å². The van der Waals surface area contributed by atoms with E-state index in [9.17, 15) is 4.79 Å². The lowest BCUT2D eigenvalue weighted by atomic mass is 9.87. The SMILES string of the molecule is COc1ccc(C2(C(=O)NCCN)CC2(C)C)cc1. The number of nitrogens with two attached hydrogens (primary N) is 1. The number of carbonyl (C=O) groups is 1. The van der Waals surface area contributed by atoms with Gasteiger partial charge in [0.25, 0.3) is 0 Å². The van der Waals surface area contributed by atoms with Gasteiger partial charge in [0.2, 0.25) is 5.91 Å². The minimum Gasteiger partial charge on any atom is -0.497 e. The summed E-state index contributed by atoms with van der Waals surface area (Å²) >= 11 is 0. The molecule has 1 fully saturated rings. The number of ether oxygens (including phenoxy) is 1. The highest BCUT2D eigenvalue weighted by Crippen LogP contribution is 2.64. The van der Waals surface area contributed by atoms with Crippen LogP contribution in [0.25, 0.3) is 0 Å². The van der Waals surface area contributed by atoms with E-state index in [2.05, 4.69) is 19.2 Å². The highest BCUT2D eigenvalue weighted by molar-refractivity contribution is 5.93. The molecule has 0 bridgehead atoms. The summed E-state index contributed by atoms with van der Waals surface area (Å²) in [4.78, 5) is 12.5. The van der Waals surface area contributed by atoms with E-state index < -0.39 is 5.41 Å². The Kier molecular flexibility index (Phi) is 3.54. The second-order valence-electron chi connectivity index (χ2n) is 5.74. The van der Waals surface area contributed by atoms with Crippen molar-refractivity contribution in [3.05, 3.63) is 29.8 Å². The Morgan fingerprint density at radius 1 is 1.37 bits per heavy atom. The van der Waals surface area contributed by atoms with Crippen LogP contribution in [0.4, 0.5) is 0 Å². The summed E-state index contributed by atoms with van der Waals surface area (Å²) in [5.41, 5.74) is 6.07. The molecule has 0 aromatic heterocycles. The van der Waals surface area contributed by atoms with Gasteiger partial charge in [0.1, 0.15) is 5.75 Å². The predicted molar refractivity (Wildman–Crippen MR) is 75.1 cm³/mol. The Balaban J connectivity index is 2.27. The topological polar surface area (TPSA) is 64.3 Å². The van der Waals surface area contributed by atoms with Crippen LogP contribution in [0.2, 0.25) is 0 Å². The Morgan fingerprint density at radius 3 is 2.37 bits per heavy atom. The summed E-state index contributed by atoms with van der Waals surface area (Å²) in [6.07, 6.45) is 0.864. The minimum absolute atomic E-state index is 0.0136. The lowest BCUT2D eigenvalue weighted by Crippen LogP contribution is -2.40. The van der Waals surface area contributed by atoms with E-state index >= 15 is 0 Å². The van der Waals surface area contributed by atoms with Gasteiger partial charge in [0.15, 0.2) is 0 Å². The van der Waals surface area contributed by atoms with Crippen LogP contribution in [0.15, 0.2) is 24.3 Å². The quantitative estimate of drug-likeness (QED) is 0.844. The molecule has 0 aliphatic heterocycles. The van der Waals surface area contributed by atoms with Crippen molar-refractivity contribution < 1.29 is 9.53 Å². The monoisotopic (exact) mass is 262 g/mol. The zero-order valence-corrected chi connectivity index (χ0v) is 11.8. The summed E-state index contributed by atoms with van der Waals surface area (Å²) in [7, 11) is 1.64. The molecular formula is C15H22N2O2. The van der Waals surface area contributed by atoms with Crippen LogP contribution in [-0.4, -0.2) is 26.1 Å². The van der Waals surface area contributed by atoms with Gasteiger partial charge in [-0.3, -0.25) is 4.79 Å². The van der Waals surface area contributed by atoms with Crippen molar-refractivity contribution >= 4 is 5.91 Å². The number of carbonyl (C=O) groups excluding carboxylic acids is 1. The Labute approximate surface area is 114 Å². The molecule has 0 heterocycles. The molecule has 1 aromatic rings. The highest BCUT2D eigenvalue weighted by Gasteiger charge is 2.66. The van der Waals surface area contributed by atoms with Crippen LogP contribution in [0.1, 0.15) is 25.8 Å². The van der Waals surface area contributed by atoms with Gasteiger partial charge in [-0.1, -0.05) is 26.0 Å². The molecule has 1 saturated carbocycles. The molecule has 1 atom stereocenters. The van der Waals surface area contributed by atoms with Crippen molar-refractivity contribution in [2.24, 2.45) is 11.1 Å². The van der Waals surface area contributed by atoms with Crippen LogP contribution in [0.5, 0.6) is 5.75 Å². The number of rotatable bonds is 5. The molecule has 0 spiro atoms. The zero-order valence-electron chi connectivity index (χ0n) is 11.8. The first kappa shape index (κ1) is 13.9. The van der Waals surface area contributed by atoms with Crippen molar-refractivity contribution in [1.29, 1.82) is 0 Å². The Morgan fingerprint density at radius 2 is 1.95 bits per heavy atom. The molecule has 4 heteroatoms. The number of hydrogen-bond donors (Lipinski definition) is 2. The number of methoxy groups -OCH3 is 1. The second kappa shape index (κ2) is 4.85. The molecule has 104 valence electrons. The lowest BCUT2D eigenvalue weighted by Gasteiger charge is -2.20. The third kappa shape index (κ3) is 2.21. The molecule has 1 aromatic carbocycles. The highest BCUT2D eigenvalue weighted by atomic mass is 16.5. The fourth-order valence-electron chi connectivity index (χ4n) is 2.84. The molecule has 3 N–H and O–H groups in total. The van der Waals surface area contributed by atoms with Gasteiger partial charge < -0.3 is 15.8 Å². The average Bonchev–Trinajstić information content (AvgIpc) is 3.00. The number of amides is 1. The average molecular weight is 262 g/mol. The number of hydrogen-bond acceptors (Lipinski definition) is 3.